The minimum Gasteiger partial charge on any atom is -0.545 e. The fraction of sp³-hybridized carbons (Fsp3) is 0.125. The van der Waals surface area contributed by atoms with Gasteiger partial charge in [0.2, 0.25) is 0 Å². The number of hydrogen-bond acceptors (Lipinski definition) is 3. The Balaban J connectivity index is 3.01. The van der Waals surface area contributed by atoms with E-state index in [0.717, 1.165) is 5.56 Å². The first-order valence-corrected chi connectivity index (χ1v) is 3.78. The average molecular weight is 167 g/mol. The van der Waals surface area contributed by atoms with E-state index >= 15 is 0 Å². The molecule has 0 atom stereocenters. The van der Waals surface area contributed by atoms with Gasteiger partial charge in [0, 0.05) is 5.75 Å². The molecule has 0 aromatic heterocycles. The van der Waals surface area contributed by atoms with Crippen molar-refractivity contribution in [1.29, 1.82) is 0 Å². The summed E-state index contributed by atoms with van der Waals surface area (Å²) in [6.07, 6.45) is 0. The number of carboxylic acids is 1. The van der Waals surface area contributed by atoms with Gasteiger partial charge in [0.25, 0.3) is 0 Å². The van der Waals surface area contributed by atoms with Crippen LogP contribution in [0.5, 0.6) is 0 Å². The van der Waals surface area contributed by atoms with Gasteiger partial charge < -0.3 is 9.90 Å². The number of hydrogen-bond donors (Lipinski definition) is 1. The second-order valence-corrected chi connectivity index (χ2v) is 2.46. The first-order valence-electron chi connectivity index (χ1n) is 3.15. The van der Waals surface area contributed by atoms with Gasteiger partial charge >= 0.3 is 0 Å². The maximum atomic E-state index is 10.3. The van der Waals surface area contributed by atoms with Crippen molar-refractivity contribution in [3.8, 4) is 0 Å². The molecule has 0 aliphatic carbocycles. The number of carbonyl (C=O) groups is 1. The average Bonchev–Trinajstić information content (AvgIpc) is 2.05. The number of rotatable bonds is 2. The minimum absolute atomic E-state index is 0.205. The molecule has 0 fully saturated rings. The maximum Gasteiger partial charge on any atom is 0.0715 e. The van der Waals surface area contributed by atoms with Crippen LogP contribution >= 0.6 is 12.6 Å². The molecule has 3 heteroatoms. The monoisotopic (exact) mass is 167 g/mol. The van der Waals surface area contributed by atoms with Crippen molar-refractivity contribution in [1.82, 2.24) is 0 Å². The van der Waals surface area contributed by atoms with Crippen molar-refractivity contribution in [2.24, 2.45) is 0 Å². The van der Waals surface area contributed by atoms with Gasteiger partial charge in [-0.25, -0.2) is 0 Å². The van der Waals surface area contributed by atoms with Gasteiger partial charge in [-0.1, -0.05) is 18.2 Å². The SMILES string of the molecule is O=C([O-])c1cccc(CS)c1. The van der Waals surface area contributed by atoms with Gasteiger partial charge in [0.1, 0.15) is 0 Å². The standard InChI is InChI=1S/C8H8O2S/c9-8(10)7-3-1-2-6(4-7)5-11/h1-4,11H,5H2,(H,9,10)/p-1. The molecule has 0 aliphatic rings. The zero-order valence-corrected chi connectivity index (χ0v) is 6.67. The zero-order chi connectivity index (χ0) is 8.27. The van der Waals surface area contributed by atoms with E-state index < -0.39 is 5.97 Å². The van der Waals surface area contributed by atoms with E-state index in [1.165, 1.54) is 6.07 Å². The van der Waals surface area contributed by atoms with Gasteiger partial charge in [0.15, 0.2) is 0 Å². The molecule has 0 aliphatic heterocycles. The van der Waals surface area contributed by atoms with E-state index in [0.29, 0.717) is 5.75 Å². The van der Waals surface area contributed by atoms with E-state index in [-0.39, 0.29) is 5.56 Å². The lowest BCUT2D eigenvalue weighted by molar-refractivity contribution is -0.255. The highest BCUT2D eigenvalue weighted by atomic mass is 32.1. The molecule has 58 valence electrons. The Morgan fingerprint density at radius 3 is 2.82 bits per heavy atom. The topological polar surface area (TPSA) is 40.1 Å². The van der Waals surface area contributed by atoms with Gasteiger partial charge in [-0.05, 0) is 17.2 Å². The molecule has 1 aromatic carbocycles. The lowest BCUT2D eigenvalue weighted by Crippen LogP contribution is -2.22. The maximum absolute atomic E-state index is 10.3. The largest absolute Gasteiger partial charge is 0.545 e. The number of carbonyl (C=O) groups excluding carboxylic acids is 1. The molecule has 0 amide bonds. The highest BCUT2D eigenvalue weighted by Crippen LogP contribution is 2.06. The van der Waals surface area contributed by atoms with E-state index in [9.17, 15) is 9.90 Å². The Morgan fingerprint density at radius 1 is 1.55 bits per heavy atom. The van der Waals surface area contributed by atoms with Crippen molar-refractivity contribution < 1.29 is 9.90 Å². The van der Waals surface area contributed by atoms with Gasteiger partial charge in [-0.2, -0.15) is 12.6 Å². The predicted octanol–water partition coefficient (Wildman–Crippen LogP) is 0.480. The third-order valence-electron chi connectivity index (χ3n) is 1.35. The number of carboxylic acid groups (broad SMARTS) is 1. The predicted molar refractivity (Wildman–Crippen MR) is 43.5 cm³/mol. The first kappa shape index (κ1) is 8.14. The van der Waals surface area contributed by atoms with Crippen molar-refractivity contribution in [3.63, 3.8) is 0 Å². The molecule has 1 aromatic rings. The normalized spacial score (nSPS) is 9.55. The molecule has 0 radical (unpaired) electrons. The Kier molecular flexibility index (Phi) is 2.54. The molecule has 0 spiro atoms. The Morgan fingerprint density at radius 2 is 2.27 bits per heavy atom. The summed E-state index contributed by atoms with van der Waals surface area (Å²) in [5.74, 6) is -0.602. The van der Waals surface area contributed by atoms with Gasteiger partial charge in [0.05, 0.1) is 5.97 Å². The van der Waals surface area contributed by atoms with Crippen LogP contribution in [-0.2, 0) is 5.75 Å². The molecular weight excluding hydrogens is 160 g/mol. The molecule has 11 heavy (non-hydrogen) atoms. The van der Waals surface area contributed by atoms with Crippen LogP contribution in [0.1, 0.15) is 15.9 Å². The molecule has 0 heterocycles. The molecule has 0 unspecified atom stereocenters. The van der Waals surface area contributed by atoms with Crippen LogP contribution < -0.4 is 5.11 Å². The molecule has 0 bridgehead atoms. The van der Waals surface area contributed by atoms with Crippen LogP contribution in [0.3, 0.4) is 0 Å². The summed E-state index contributed by atoms with van der Waals surface area (Å²) < 4.78 is 0. The first-order chi connectivity index (χ1) is 5.24. The summed E-state index contributed by atoms with van der Waals surface area (Å²) in [6.45, 7) is 0. The third-order valence-corrected chi connectivity index (χ3v) is 1.71. The summed E-state index contributed by atoms with van der Waals surface area (Å²) in [6, 6.07) is 6.56. The second kappa shape index (κ2) is 3.44. The highest BCUT2D eigenvalue weighted by Gasteiger charge is 1.93. The minimum atomic E-state index is -1.14. The number of thiol groups is 1. The van der Waals surface area contributed by atoms with Crippen molar-refractivity contribution in [2.75, 3.05) is 0 Å². The van der Waals surface area contributed by atoms with Crippen LogP contribution in [0.2, 0.25) is 0 Å². The second-order valence-electron chi connectivity index (χ2n) is 2.15. The molecule has 1 rings (SSSR count). The fourth-order valence-corrected chi connectivity index (χ4v) is 0.993. The van der Waals surface area contributed by atoms with Crippen LogP contribution in [0.25, 0.3) is 0 Å². The smallest absolute Gasteiger partial charge is 0.0715 e. The summed E-state index contributed by atoms with van der Waals surface area (Å²) in [5, 5.41) is 10.3. The van der Waals surface area contributed by atoms with Crippen molar-refractivity contribution in [2.45, 2.75) is 5.75 Å². The molecule has 2 nitrogen and oxygen atoms in total. The third kappa shape index (κ3) is 1.98. The Bertz CT molecular complexity index is 271. The van der Waals surface area contributed by atoms with Crippen LogP contribution in [-0.4, -0.2) is 5.97 Å². The Labute approximate surface area is 70.3 Å². The molecule has 0 saturated carbocycles. The van der Waals surface area contributed by atoms with Crippen molar-refractivity contribution >= 4 is 18.6 Å². The highest BCUT2D eigenvalue weighted by molar-refractivity contribution is 7.79. The van der Waals surface area contributed by atoms with Crippen molar-refractivity contribution in [3.05, 3.63) is 35.4 Å². The summed E-state index contributed by atoms with van der Waals surface area (Å²) >= 11 is 4.01. The summed E-state index contributed by atoms with van der Waals surface area (Å²) in [7, 11) is 0. The number of benzene rings is 1. The fourth-order valence-electron chi connectivity index (χ4n) is 0.797. The molecular formula is C8H7O2S-. The summed E-state index contributed by atoms with van der Waals surface area (Å²) in [5.41, 5.74) is 1.09. The lowest BCUT2D eigenvalue weighted by Gasteiger charge is -2.02. The molecule has 0 N–H and O–H groups in total. The van der Waals surface area contributed by atoms with E-state index in [1.54, 1.807) is 12.1 Å². The van der Waals surface area contributed by atoms with Crippen LogP contribution in [0, 0.1) is 0 Å². The Hall–Kier alpha value is -0.960. The van der Waals surface area contributed by atoms with E-state index in [4.69, 9.17) is 0 Å². The van der Waals surface area contributed by atoms with E-state index in [2.05, 4.69) is 12.6 Å². The van der Waals surface area contributed by atoms with Gasteiger partial charge in [-0.15, -0.1) is 0 Å². The van der Waals surface area contributed by atoms with Crippen LogP contribution in [0.15, 0.2) is 24.3 Å². The number of aromatic carboxylic acids is 1. The quantitative estimate of drug-likeness (QED) is 0.651. The molecule has 0 saturated heterocycles. The zero-order valence-electron chi connectivity index (χ0n) is 5.78. The summed E-state index contributed by atoms with van der Waals surface area (Å²) in [4.78, 5) is 10.3. The van der Waals surface area contributed by atoms with Crippen LogP contribution in [0.4, 0.5) is 0 Å². The van der Waals surface area contributed by atoms with E-state index in [1.807, 2.05) is 6.07 Å². The lowest BCUT2D eigenvalue weighted by atomic mass is 10.1. The van der Waals surface area contributed by atoms with Gasteiger partial charge in [-0.3, -0.25) is 0 Å².